The highest BCUT2D eigenvalue weighted by Gasteiger charge is 2.41. The first kappa shape index (κ1) is 13.2. The van der Waals surface area contributed by atoms with Crippen LogP contribution in [0.4, 0.5) is 0 Å². The molecule has 90 valence electrons. The van der Waals surface area contributed by atoms with E-state index in [1.54, 1.807) is 0 Å². The molecule has 1 saturated heterocycles. The first-order valence-electron chi connectivity index (χ1n) is 6.07. The highest BCUT2D eigenvalue weighted by Crippen LogP contribution is 2.39. The molecule has 3 heteroatoms. The van der Waals surface area contributed by atoms with Crippen molar-refractivity contribution >= 4 is 8.32 Å². The van der Waals surface area contributed by atoms with Crippen LogP contribution in [0.15, 0.2) is 0 Å². The predicted molar refractivity (Wildman–Crippen MR) is 66.7 cm³/mol. The Kier molecular flexibility index (Phi) is 4.01. The van der Waals surface area contributed by atoms with Crippen LogP contribution in [-0.4, -0.2) is 27.1 Å². The average molecular weight is 230 g/mol. The van der Waals surface area contributed by atoms with E-state index in [1.165, 1.54) is 0 Å². The van der Waals surface area contributed by atoms with Gasteiger partial charge in [0, 0.05) is 6.61 Å². The van der Waals surface area contributed by atoms with Gasteiger partial charge in [0.1, 0.15) is 0 Å². The highest BCUT2D eigenvalue weighted by molar-refractivity contribution is 6.74. The van der Waals surface area contributed by atoms with Crippen LogP contribution < -0.4 is 0 Å². The van der Waals surface area contributed by atoms with Crippen LogP contribution in [-0.2, 0) is 9.16 Å². The quantitative estimate of drug-likeness (QED) is 0.690. The van der Waals surface area contributed by atoms with Gasteiger partial charge in [-0.2, -0.15) is 0 Å². The standard InChI is InChI=1S/C12H26O2Si/c1-7-10-11(8-9-13-10)14-15(5,6)12(2,3)4/h10-11H,7-9H2,1-6H3/t10-,11?/m1/s1. The van der Waals surface area contributed by atoms with Gasteiger partial charge in [0.15, 0.2) is 8.32 Å². The van der Waals surface area contributed by atoms with Crippen molar-refractivity contribution in [1.82, 2.24) is 0 Å². The fourth-order valence-electron chi connectivity index (χ4n) is 1.70. The molecule has 1 heterocycles. The van der Waals surface area contributed by atoms with Gasteiger partial charge in [-0.25, -0.2) is 0 Å². The van der Waals surface area contributed by atoms with E-state index >= 15 is 0 Å². The second-order valence-electron chi connectivity index (χ2n) is 6.02. The lowest BCUT2D eigenvalue weighted by Gasteiger charge is -2.39. The maximum Gasteiger partial charge on any atom is 0.192 e. The van der Waals surface area contributed by atoms with E-state index in [1.807, 2.05) is 0 Å². The molecule has 0 amide bonds. The Bertz CT molecular complexity index is 208. The summed E-state index contributed by atoms with van der Waals surface area (Å²) in [7, 11) is -1.61. The molecule has 1 aliphatic rings. The summed E-state index contributed by atoms with van der Waals surface area (Å²) in [6.45, 7) is 14.5. The third kappa shape index (κ3) is 3.05. The molecule has 0 aromatic rings. The molecule has 0 spiro atoms. The molecule has 2 nitrogen and oxygen atoms in total. The molecular formula is C12H26O2Si. The van der Waals surface area contributed by atoms with Crippen molar-refractivity contribution in [2.24, 2.45) is 0 Å². The van der Waals surface area contributed by atoms with Crippen LogP contribution in [0.25, 0.3) is 0 Å². The van der Waals surface area contributed by atoms with Gasteiger partial charge in [0.05, 0.1) is 12.2 Å². The van der Waals surface area contributed by atoms with Crippen LogP contribution in [0.5, 0.6) is 0 Å². The normalized spacial score (nSPS) is 28.4. The van der Waals surface area contributed by atoms with Crippen molar-refractivity contribution in [2.45, 2.75) is 70.9 Å². The summed E-state index contributed by atoms with van der Waals surface area (Å²) in [5, 5.41) is 0.299. The second kappa shape index (κ2) is 4.56. The number of hydrogen-bond donors (Lipinski definition) is 0. The van der Waals surface area contributed by atoms with Crippen LogP contribution in [0.3, 0.4) is 0 Å². The van der Waals surface area contributed by atoms with E-state index in [0.717, 1.165) is 19.4 Å². The van der Waals surface area contributed by atoms with Gasteiger partial charge in [-0.1, -0.05) is 27.7 Å². The van der Waals surface area contributed by atoms with Gasteiger partial charge in [-0.3, -0.25) is 0 Å². The summed E-state index contributed by atoms with van der Waals surface area (Å²) < 4.78 is 12.1. The van der Waals surface area contributed by atoms with Crippen LogP contribution in [0, 0.1) is 0 Å². The molecule has 1 rings (SSSR count). The van der Waals surface area contributed by atoms with Crippen LogP contribution in [0.1, 0.15) is 40.5 Å². The maximum atomic E-state index is 6.38. The Morgan fingerprint density at radius 3 is 2.40 bits per heavy atom. The number of ether oxygens (including phenoxy) is 1. The minimum atomic E-state index is -1.61. The summed E-state index contributed by atoms with van der Waals surface area (Å²) in [4.78, 5) is 0. The molecule has 0 radical (unpaired) electrons. The Balaban J connectivity index is 2.60. The minimum Gasteiger partial charge on any atom is -0.411 e. The van der Waals surface area contributed by atoms with Crippen molar-refractivity contribution in [3.05, 3.63) is 0 Å². The van der Waals surface area contributed by atoms with Crippen molar-refractivity contribution in [2.75, 3.05) is 6.61 Å². The first-order valence-corrected chi connectivity index (χ1v) is 8.98. The Morgan fingerprint density at radius 1 is 1.33 bits per heavy atom. The van der Waals surface area contributed by atoms with Crippen molar-refractivity contribution in [3.63, 3.8) is 0 Å². The largest absolute Gasteiger partial charge is 0.411 e. The molecule has 0 bridgehead atoms. The summed E-state index contributed by atoms with van der Waals surface area (Å²) in [6, 6.07) is 0. The predicted octanol–water partition coefficient (Wildman–Crippen LogP) is 3.58. The van der Waals surface area contributed by atoms with Gasteiger partial charge in [0.2, 0.25) is 0 Å². The van der Waals surface area contributed by atoms with E-state index in [-0.39, 0.29) is 0 Å². The molecule has 15 heavy (non-hydrogen) atoms. The smallest absolute Gasteiger partial charge is 0.192 e. The van der Waals surface area contributed by atoms with Crippen molar-refractivity contribution in [1.29, 1.82) is 0 Å². The molecule has 0 aromatic heterocycles. The summed E-state index contributed by atoms with van der Waals surface area (Å²) in [5.74, 6) is 0. The van der Waals surface area contributed by atoms with E-state index in [9.17, 15) is 0 Å². The molecular weight excluding hydrogens is 204 g/mol. The lowest BCUT2D eigenvalue weighted by atomic mass is 10.1. The fraction of sp³-hybridized carbons (Fsp3) is 1.00. The molecule has 1 aliphatic heterocycles. The monoisotopic (exact) mass is 230 g/mol. The topological polar surface area (TPSA) is 18.5 Å². The zero-order chi connectivity index (χ0) is 11.7. The fourth-order valence-corrected chi connectivity index (χ4v) is 3.08. The van der Waals surface area contributed by atoms with Gasteiger partial charge in [-0.05, 0) is 31.0 Å². The zero-order valence-electron chi connectivity index (χ0n) is 11.1. The van der Waals surface area contributed by atoms with Crippen LogP contribution >= 0.6 is 0 Å². The third-order valence-electron chi connectivity index (χ3n) is 3.80. The minimum absolute atomic E-state index is 0.299. The summed E-state index contributed by atoms with van der Waals surface area (Å²) in [5.41, 5.74) is 0. The highest BCUT2D eigenvalue weighted by atomic mass is 28.4. The van der Waals surface area contributed by atoms with Crippen LogP contribution in [0.2, 0.25) is 18.1 Å². The summed E-state index contributed by atoms with van der Waals surface area (Å²) in [6.07, 6.45) is 2.82. The average Bonchev–Trinajstić information content (AvgIpc) is 2.48. The van der Waals surface area contributed by atoms with Gasteiger partial charge >= 0.3 is 0 Å². The lowest BCUT2D eigenvalue weighted by Crippen LogP contribution is -2.45. The Morgan fingerprint density at radius 2 is 1.93 bits per heavy atom. The van der Waals surface area contributed by atoms with Gasteiger partial charge in [0.25, 0.3) is 0 Å². The molecule has 1 fully saturated rings. The molecule has 2 atom stereocenters. The van der Waals surface area contributed by atoms with Gasteiger partial charge < -0.3 is 9.16 Å². The van der Waals surface area contributed by atoms with E-state index in [2.05, 4.69) is 40.8 Å². The second-order valence-corrected chi connectivity index (χ2v) is 10.8. The van der Waals surface area contributed by atoms with E-state index in [0.29, 0.717) is 17.2 Å². The molecule has 0 aromatic carbocycles. The first-order chi connectivity index (χ1) is 6.78. The molecule has 0 N–H and O–H groups in total. The summed E-state index contributed by atoms with van der Waals surface area (Å²) >= 11 is 0. The van der Waals surface area contributed by atoms with E-state index < -0.39 is 8.32 Å². The van der Waals surface area contributed by atoms with E-state index in [4.69, 9.17) is 9.16 Å². The zero-order valence-corrected chi connectivity index (χ0v) is 12.1. The van der Waals surface area contributed by atoms with Crippen molar-refractivity contribution < 1.29 is 9.16 Å². The lowest BCUT2D eigenvalue weighted by molar-refractivity contribution is 0.0454. The Labute approximate surface area is 95.5 Å². The number of hydrogen-bond acceptors (Lipinski definition) is 2. The Hall–Kier alpha value is 0.137. The SMILES string of the molecule is CC[C@H]1OCCC1O[Si](C)(C)C(C)(C)C. The molecule has 0 aliphatic carbocycles. The van der Waals surface area contributed by atoms with Crippen molar-refractivity contribution in [3.8, 4) is 0 Å². The molecule has 1 unspecified atom stereocenters. The third-order valence-corrected chi connectivity index (χ3v) is 8.31. The molecule has 0 saturated carbocycles. The number of rotatable bonds is 3. The van der Waals surface area contributed by atoms with Gasteiger partial charge in [-0.15, -0.1) is 0 Å². The maximum absolute atomic E-state index is 6.38.